The molecule has 1 aliphatic heterocycles. The highest BCUT2D eigenvalue weighted by Crippen LogP contribution is 2.55. The number of rotatable bonds is 6. The van der Waals surface area contributed by atoms with Gasteiger partial charge in [0, 0.05) is 63.5 Å². The first kappa shape index (κ1) is 29.9. The molecule has 218 valence electrons. The highest BCUT2D eigenvalue weighted by Gasteiger charge is 2.49. The van der Waals surface area contributed by atoms with Crippen LogP contribution < -0.4 is 4.18 Å². The second-order valence-corrected chi connectivity index (χ2v) is 15.3. The van der Waals surface area contributed by atoms with E-state index in [1.165, 1.54) is 30.3 Å². The Morgan fingerprint density at radius 1 is 0.829 bits per heavy atom. The molecule has 9 heteroatoms. The van der Waals surface area contributed by atoms with E-state index in [9.17, 15) is 18.0 Å². The molecule has 2 aliphatic carbocycles. The number of Topliss-reactive ketones (excluding diaryl/α,β-unsaturated/α-hetero) is 2. The Labute approximate surface area is 252 Å². The molecular formula is C32H35Cl2NO5S. The van der Waals surface area contributed by atoms with Crippen LogP contribution in [-0.2, 0) is 19.7 Å². The van der Waals surface area contributed by atoms with Crippen LogP contribution in [-0.4, -0.2) is 31.4 Å². The summed E-state index contributed by atoms with van der Waals surface area (Å²) in [6, 6.07) is 10.4. The number of hydrogen-bond donors (Lipinski definition) is 0. The van der Waals surface area contributed by atoms with Crippen LogP contribution in [0.15, 0.2) is 69.9 Å². The van der Waals surface area contributed by atoms with Crippen LogP contribution in [0, 0.1) is 10.8 Å². The number of halogens is 2. The largest absolute Gasteiger partial charge is 0.379 e. The Kier molecular flexibility index (Phi) is 7.71. The van der Waals surface area contributed by atoms with Gasteiger partial charge in [-0.2, -0.15) is 8.42 Å². The Morgan fingerprint density at radius 3 is 1.85 bits per heavy atom. The van der Waals surface area contributed by atoms with Gasteiger partial charge in [-0.25, -0.2) is 0 Å². The molecule has 0 amide bonds. The first-order valence-corrected chi connectivity index (χ1v) is 16.1. The summed E-state index contributed by atoms with van der Waals surface area (Å²) in [7, 11) is -4.26. The third kappa shape index (κ3) is 5.73. The molecule has 0 aromatic heterocycles. The maximum atomic E-state index is 14.0. The molecule has 0 fully saturated rings. The van der Waals surface area contributed by atoms with Gasteiger partial charge in [0.15, 0.2) is 11.6 Å². The minimum absolute atomic E-state index is 0.0345. The summed E-state index contributed by atoms with van der Waals surface area (Å²) >= 11 is 12.5. The molecule has 41 heavy (non-hydrogen) atoms. The van der Waals surface area contributed by atoms with Crippen molar-refractivity contribution < 1.29 is 22.2 Å². The average molecular weight is 617 g/mol. The Hall–Kier alpha value is -2.61. The van der Waals surface area contributed by atoms with Crippen LogP contribution in [0.5, 0.6) is 5.75 Å². The molecule has 2 aromatic rings. The number of ketones is 2. The van der Waals surface area contributed by atoms with E-state index in [1.807, 2.05) is 0 Å². The van der Waals surface area contributed by atoms with Crippen molar-refractivity contribution in [1.82, 2.24) is 4.90 Å². The lowest BCUT2D eigenvalue weighted by Crippen LogP contribution is -2.44. The summed E-state index contributed by atoms with van der Waals surface area (Å²) in [6.07, 6.45) is 2.81. The Balaban J connectivity index is 1.75. The van der Waals surface area contributed by atoms with Crippen LogP contribution in [0.2, 0.25) is 10.0 Å². The number of benzene rings is 2. The fourth-order valence-electron chi connectivity index (χ4n) is 6.44. The monoisotopic (exact) mass is 615 g/mol. The van der Waals surface area contributed by atoms with E-state index in [-0.39, 0.29) is 33.0 Å². The Morgan fingerprint density at radius 2 is 1.34 bits per heavy atom. The predicted molar refractivity (Wildman–Crippen MR) is 161 cm³/mol. The quantitative estimate of drug-likeness (QED) is 0.308. The normalized spacial score (nSPS) is 20.7. The first-order valence-electron chi connectivity index (χ1n) is 13.9. The smallest absolute Gasteiger partial charge is 0.339 e. The fourth-order valence-corrected chi connectivity index (χ4v) is 7.70. The van der Waals surface area contributed by atoms with Crippen molar-refractivity contribution in [3.05, 3.63) is 80.6 Å². The van der Waals surface area contributed by atoms with Crippen molar-refractivity contribution in [2.45, 2.75) is 77.5 Å². The van der Waals surface area contributed by atoms with Gasteiger partial charge in [0.2, 0.25) is 0 Å². The van der Waals surface area contributed by atoms with Gasteiger partial charge in [-0.3, -0.25) is 9.59 Å². The summed E-state index contributed by atoms with van der Waals surface area (Å²) in [5.74, 6) is -0.835. The molecule has 0 spiro atoms. The summed E-state index contributed by atoms with van der Waals surface area (Å²) in [5, 5.41) is 0.745. The van der Waals surface area contributed by atoms with Gasteiger partial charge in [0.1, 0.15) is 10.6 Å². The van der Waals surface area contributed by atoms with Crippen LogP contribution in [0.3, 0.4) is 0 Å². The third-order valence-corrected chi connectivity index (χ3v) is 9.79. The van der Waals surface area contributed by atoms with Gasteiger partial charge in [0.25, 0.3) is 0 Å². The SMILES string of the molecule is CCCN1C2=C(C(=O)CC(C)(C)C2)C(c2cc(Cl)ccc2OS(=O)(=O)c2ccc(Cl)cc2)C2=C1CC(C)(C)CC2=O. The molecule has 0 saturated heterocycles. The van der Waals surface area contributed by atoms with E-state index in [0.29, 0.717) is 59.0 Å². The number of allylic oxidation sites excluding steroid dienone is 4. The van der Waals surface area contributed by atoms with E-state index < -0.39 is 16.0 Å². The van der Waals surface area contributed by atoms with Crippen LogP contribution in [0.4, 0.5) is 0 Å². The van der Waals surface area contributed by atoms with Gasteiger partial charge >= 0.3 is 10.1 Å². The van der Waals surface area contributed by atoms with Gasteiger partial charge < -0.3 is 9.08 Å². The molecule has 3 aliphatic rings. The zero-order chi connectivity index (χ0) is 29.9. The lowest BCUT2D eigenvalue weighted by atomic mass is 9.63. The van der Waals surface area contributed by atoms with Crippen LogP contribution >= 0.6 is 23.2 Å². The van der Waals surface area contributed by atoms with E-state index in [4.69, 9.17) is 27.4 Å². The van der Waals surface area contributed by atoms with Gasteiger partial charge in [-0.1, -0.05) is 57.8 Å². The third-order valence-electron chi connectivity index (χ3n) is 8.05. The molecule has 0 atom stereocenters. The Bertz CT molecular complexity index is 1550. The zero-order valence-corrected chi connectivity index (χ0v) is 26.3. The second kappa shape index (κ2) is 10.6. The fraction of sp³-hybridized carbons (Fsp3) is 0.438. The molecule has 1 heterocycles. The zero-order valence-electron chi connectivity index (χ0n) is 24.0. The maximum absolute atomic E-state index is 14.0. The molecule has 2 aromatic carbocycles. The van der Waals surface area contributed by atoms with Crippen LogP contribution in [0.1, 0.15) is 78.2 Å². The van der Waals surface area contributed by atoms with E-state index in [0.717, 1.165) is 17.8 Å². The number of nitrogens with zero attached hydrogens (tertiary/aromatic N) is 1. The average Bonchev–Trinajstić information content (AvgIpc) is 2.85. The van der Waals surface area contributed by atoms with Crippen LogP contribution in [0.25, 0.3) is 0 Å². The van der Waals surface area contributed by atoms with Crippen molar-refractivity contribution in [3.63, 3.8) is 0 Å². The highest BCUT2D eigenvalue weighted by molar-refractivity contribution is 7.87. The first-order chi connectivity index (χ1) is 19.1. The standard InChI is InChI=1S/C32H35Cl2NO5S/c1-6-13-35-23-15-31(2,3)17-25(36)29(23)28(30-24(35)16-32(4,5)18-26(30)37)22-14-20(34)9-12-27(22)40-41(38,39)21-10-7-19(33)8-11-21/h7-12,14,28H,6,13,15-18H2,1-5H3. The van der Waals surface area contributed by atoms with E-state index >= 15 is 0 Å². The van der Waals surface area contributed by atoms with E-state index in [2.05, 4.69) is 39.5 Å². The molecule has 0 unspecified atom stereocenters. The van der Waals surface area contributed by atoms with E-state index in [1.54, 1.807) is 12.1 Å². The van der Waals surface area contributed by atoms with Crippen molar-refractivity contribution in [1.29, 1.82) is 0 Å². The minimum Gasteiger partial charge on any atom is -0.379 e. The van der Waals surface area contributed by atoms with Crippen molar-refractivity contribution in [2.24, 2.45) is 10.8 Å². The van der Waals surface area contributed by atoms with Crippen molar-refractivity contribution in [3.8, 4) is 5.75 Å². The molecular weight excluding hydrogens is 581 g/mol. The molecule has 0 N–H and O–H groups in total. The summed E-state index contributed by atoms with van der Waals surface area (Å²) in [4.78, 5) is 30.1. The van der Waals surface area contributed by atoms with Gasteiger partial charge in [-0.15, -0.1) is 0 Å². The summed E-state index contributed by atoms with van der Waals surface area (Å²) < 4.78 is 32.5. The number of carbonyl (C=O) groups is 2. The van der Waals surface area contributed by atoms with Crippen molar-refractivity contribution >= 4 is 44.9 Å². The molecule has 0 radical (unpaired) electrons. The maximum Gasteiger partial charge on any atom is 0.339 e. The van der Waals surface area contributed by atoms with Crippen molar-refractivity contribution in [2.75, 3.05) is 6.54 Å². The summed E-state index contributed by atoms with van der Waals surface area (Å²) in [6.45, 7) is 11.1. The second-order valence-electron chi connectivity index (χ2n) is 12.9. The molecule has 0 bridgehead atoms. The summed E-state index contributed by atoms with van der Waals surface area (Å²) in [5.41, 5.74) is 2.78. The topological polar surface area (TPSA) is 80.8 Å². The predicted octanol–water partition coefficient (Wildman–Crippen LogP) is 7.86. The van der Waals surface area contributed by atoms with Gasteiger partial charge in [0.05, 0.1) is 0 Å². The lowest BCUT2D eigenvalue weighted by molar-refractivity contribution is -0.119. The lowest BCUT2D eigenvalue weighted by Gasteiger charge is -2.49. The molecule has 6 nitrogen and oxygen atoms in total. The minimum atomic E-state index is -4.26. The number of hydrogen-bond acceptors (Lipinski definition) is 6. The highest BCUT2D eigenvalue weighted by atomic mass is 35.5. The van der Waals surface area contributed by atoms with Gasteiger partial charge in [-0.05, 0) is 72.6 Å². The molecule has 5 rings (SSSR count). The number of carbonyl (C=O) groups excluding carboxylic acids is 2. The molecule has 0 saturated carbocycles.